The van der Waals surface area contributed by atoms with Gasteiger partial charge in [0.15, 0.2) is 0 Å². The molecule has 1 aromatic rings. The molecule has 1 N–H and O–H groups in total. The molecule has 0 amide bonds. The third-order valence-corrected chi connectivity index (χ3v) is 1.76. The van der Waals surface area contributed by atoms with Gasteiger partial charge in [0.05, 0.1) is 13.0 Å². The Morgan fingerprint density at radius 2 is 2.54 bits per heavy atom. The Bertz CT molecular complexity index is 257. The zero-order chi connectivity index (χ0) is 9.68. The molecule has 0 aliphatic carbocycles. The van der Waals surface area contributed by atoms with E-state index in [1.165, 1.54) is 0 Å². The summed E-state index contributed by atoms with van der Waals surface area (Å²) in [6.45, 7) is 4.18. The molecular formula is C9H14N2O2. The van der Waals surface area contributed by atoms with Crippen molar-refractivity contribution in [2.75, 3.05) is 6.61 Å². The van der Waals surface area contributed by atoms with Crippen LogP contribution in [0.5, 0.6) is 0 Å². The Labute approximate surface area is 77.3 Å². The van der Waals surface area contributed by atoms with E-state index in [1.807, 2.05) is 6.92 Å². The first-order valence-electron chi connectivity index (χ1n) is 4.39. The number of imidazole rings is 1. The van der Waals surface area contributed by atoms with Crippen molar-refractivity contribution in [3.63, 3.8) is 0 Å². The van der Waals surface area contributed by atoms with Gasteiger partial charge in [-0.1, -0.05) is 6.92 Å². The van der Waals surface area contributed by atoms with Gasteiger partial charge in [0.2, 0.25) is 0 Å². The zero-order valence-corrected chi connectivity index (χ0v) is 7.91. The second-order valence-corrected chi connectivity index (χ2v) is 2.88. The average molecular weight is 182 g/mol. The van der Waals surface area contributed by atoms with Crippen molar-refractivity contribution < 1.29 is 9.53 Å². The number of ether oxygens (including phenoxy) is 1. The quantitative estimate of drug-likeness (QED) is 0.717. The lowest BCUT2D eigenvalue weighted by Crippen LogP contribution is -2.09. The summed E-state index contributed by atoms with van der Waals surface area (Å²) in [5.74, 6) is 0.744. The first-order valence-corrected chi connectivity index (χ1v) is 4.39. The van der Waals surface area contributed by atoms with Gasteiger partial charge in [0.1, 0.15) is 5.82 Å². The summed E-state index contributed by atoms with van der Waals surface area (Å²) >= 11 is 0. The molecule has 0 fully saturated rings. The molecule has 72 valence electrons. The van der Waals surface area contributed by atoms with E-state index in [4.69, 9.17) is 4.74 Å². The van der Waals surface area contributed by atoms with Crippen molar-refractivity contribution in [3.8, 4) is 0 Å². The first-order chi connectivity index (χ1) is 6.24. The van der Waals surface area contributed by atoms with E-state index in [9.17, 15) is 4.79 Å². The van der Waals surface area contributed by atoms with E-state index in [0.29, 0.717) is 13.0 Å². The summed E-state index contributed by atoms with van der Waals surface area (Å²) in [6, 6.07) is 0. The standard InChI is InChI=1S/C9H14N2O2/c1-3-13-8(12)6-7(2)9-10-4-5-11-9/h4-5,7H,3,6H2,1-2H3,(H,10,11). The fourth-order valence-corrected chi connectivity index (χ4v) is 1.11. The van der Waals surface area contributed by atoms with Crippen LogP contribution < -0.4 is 0 Å². The zero-order valence-electron chi connectivity index (χ0n) is 7.91. The lowest BCUT2D eigenvalue weighted by Gasteiger charge is -2.06. The molecule has 0 saturated carbocycles. The van der Waals surface area contributed by atoms with Crippen LogP contribution in [-0.2, 0) is 9.53 Å². The molecule has 0 saturated heterocycles. The summed E-state index contributed by atoms with van der Waals surface area (Å²) in [5.41, 5.74) is 0. The molecule has 1 heterocycles. The highest BCUT2D eigenvalue weighted by Crippen LogP contribution is 2.14. The minimum atomic E-state index is -0.175. The Hall–Kier alpha value is -1.32. The monoisotopic (exact) mass is 182 g/mol. The maximum atomic E-state index is 11.1. The maximum Gasteiger partial charge on any atom is 0.306 e. The van der Waals surface area contributed by atoms with Crippen LogP contribution in [0.1, 0.15) is 32.0 Å². The smallest absolute Gasteiger partial charge is 0.306 e. The van der Waals surface area contributed by atoms with Crippen molar-refractivity contribution in [3.05, 3.63) is 18.2 Å². The fraction of sp³-hybridized carbons (Fsp3) is 0.556. The molecule has 0 aliphatic rings. The van der Waals surface area contributed by atoms with Gasteiger partial charge in [-0.25, -0.2) is 4.98 Å². The molecule has 0 bridgehead atoms. The normalized spacial score (nSPS) is 12.5. The van der Waals surface area contributed by atoms with Crippen LogP contribution >= 0.6 is 0 Å². The number of esters is 1. The number of hydrogen-bond donors (Lipinski definition) is 1. The maximum absolute atomic E-state index is 11.1. The number of carbonyl (C=O) groups is 1. The summed E-state index contributed by atoms with van der Waals surface area (Å²) in [4.78, 5) is 18.1. The van der Waals surface area contributed by atoms with E-state index in [0.717, 1.165) is 5.82 Å². The Morgan fingerprint density at radius 3 is 3.08 bits per heavy atom. The topological polar surface area (TPSA) is 55.0 Å². The van der Waals surface area contributed by atoms with Gasteiger partial charge in [0.25, 0.3) is 0 Å². The lowest BCUT2D eigenvalue weighted by molar-refractivity contribution is -0.143. The summed E-state index contributed by atoms with van der Waals surface area (Å²) in [7, 11) is 0. The average Bonchev–Trinajstić information content (AvgIpc) is 2.55. The van der Waals surface area contributed by atoms with E-state index >= 15 is 0 Å². The highest BCUT2D eigenvalue weighted by atomic mass is 16.5. The molecular weight excluding hydrogens is 168 g/mol. The number of aromatic amines is 1. The molecule has 4 heteroatoms. The highest BCUT2D eigenvalue weighted by molar-refractivity contribution is 5.70. The molecule has 13 heavy (non-hydrogen) atoms. The largest absolute Gasteiger partial charge is 0.466 e. The predicted molar refractivity (Wildman–Crippen MR) is 48.3 cm³/mol. The van der Waals surface area contributed by atoms with Crippen molar-refractivity contribution >= 4 is 5.97 Å². The number of nitrogens with zero attached hydrogens (tertiary/aromatic N) is 1. The summed E-state index contributed by atoms with van der Waals surface area (Å²) in [5, 5.41) is 0. The minimum Gasteiger partial charge on any atom is -0.466 e. The number of nitrogens with one attached hydrogen (secondary N) is 1. The third kappa shape index (κ3) is 2.89. The van der Waals surface area contributed by atoms with Gasteiger partial charge >= 0.3 is 5.97 Å². The van der Waals surface area contributed by atoms with Crippen LogP contribution in [0.25, 0.3) is 0 Å². The number of aromatic nitrogens is 2. The van der Waals surface area contributed by atoms with Gasteiger partial charge in [-0.2, -0.15) is 0 Å². The van der Waals surface area contributed by atoms with E-state index in [1.54, 1.807) is 19.3 Å². The minimum absolute atomic E-state index is 0.0917. The molecule has 1 unspecified atom stereocenters. The molecule has 1 aromatic heterocycles. The van der Waals surface area contributed by atoms with Gasteiger partial charge in [-0.3, -0.25) is 4.79 Å². The highest BCUT2D eigenvalue weighted by Gasteiger charge is 2.13. The van der Waals surface area contributed by atoms with Crippen molar-refractivity contribution in [1.82, 2.24) is 9.97 Å². The van der Waals surface area contributed by atoms with Gasteiger partial charge < -0.3 is 9.72 Å². The van der Waals surface area contributed by atoms with E-state index in [-0.39, 0.29) is 11.9 Å². The first kappa shape index (κ1) is 9.77. The molecule has 0 spiro atoms. The second-order valence-electron chi connectivity index (χ2n) is 2.88. The van der Waals surface area contributed by atoms with Crippen molar-refractivity contribution in [2.45, 2.75) is 26.2 Å². The predicted octanol–water partition coefficient (Wildman–Crippen LogP) is 1.47. The van der Waals surface area contributed by atoms with E-state index in [2.05, 4.69) is 9.97 Å². The van der Waals surface area contributed by atoms with Crippen molar-refractivity contribution in [1.29, 1.82) is 0 Å². The Balaban J connectivity index is 2.42. The SMILES string of the molecule is CCOC(=O)CC(C)c1ncc[nH]1. The summed E-state index contributed by atoms with van der Waals surface area (Å²) in [6.07, 6.45) is 3.80. The molecule has 0 radical (unpaired) electrons. The fourth-order valence-electron chi connectivity index (χ4n) is 1.11. The molecule has 0 aliphatic heterocycles. The number of H-pyrrole nitrogens is 1. The Kier molecular flexibility index (Phi) is 3.49. The molecule has 1 rings (SSSR count). The van der Waals surface area contributed by atoms with Crippen LogP contribution in [0.2, 0.25) is 0 Å². The van der Waals surface area contributed by atoms with Crippen LogP contribution in [0, 0.1) is 0 Å². The van der Waals surface area contributed by atoms with Gasteiger partial charge in [-0.15, -0.1) is 0 Å². The van der Waals surface area contributed by atoms with Crippen LogP contribution in [0.4, 0.5) is 0 Å². The number of hydrogen-bond acceptors (Lipinski definition) is 3. The van der Waals surface area contributed by atoms with Gasteiger partial charge in [-0.05, 0) is 6.92 Å². The van der Waals surface area contributed by atoms with Crippen molar-refractivity contribution in [2.24, 2.45) is 0 Å². The number of rotatable bonds is 4. The summed E-state index contributed by atoms with van der Waals surface area (Å²) < 4.78 is 4.83. The molecule has 0 aromatic carbocycles. The van der Waals surface area contributed by atoms with E-state index < -0.39 is 0 Å². The Morgan fingerprint density at radius 1 is 1.77 bits per heavy atom. The molecule has 1 atom stereocenters. The third-order valence-electron chi connectivity index (χ3n) is 1.76. The lowest BCUT2D eigenvalue weighted by atomic mass is 10.1. The number of carbonyl (C=O) groups excluding carboxylic acids is 1. The molecule has 4 nitrogen and oxygen atoms in total. The van der Waals surface area contributed by atoms with Crippen LogP contribution in [0.15, 0.2) is 12.4 Å². The van der Waals surface area contributed by atoms with Crippen LogP contribution in [0.3, 0.4) is 0 Å². The van der Waals surface area contributed by atoms with Gasteiger partial charge in [0, 0.05) is 18.3 Å². The van der Waals surface area contributed by atoms with Crippen LogP contribution in [-0.4, -0.2) is 22.5 Å². The second kappa shape index (κ2) is 4.64.